The topological polar surface area (TPSA) is 196 Å². The van der Waals surface area contributed by atoms with E-state index < -0.39 is 42.3 Å². The number of nitrogens with one attached hydrogen (secondary N) is 1. The summed E-state index contributed by atoms with van der Waals surface area (Å²) in [5.74, 6) is -4.33. The minimum absolute atomic E-state index is 0.00875. The van der Waals surface area contributed by atoms with E-state index in [-0.39, 0.29) is 70.5 Å². The Morgan fingerprint density at radius 1 is 0.344 bits per heavy atom. The summed E-state index contributed by atoms with van der Waals surface area (Å²) in [6.07, 6.45) is 19.8. The Hall–Kier alpha value is -3.75. The Balaban J connectivity index is 5.33. The molecular formula is C49H87NO14. The van der Waals surface area contributed by atoms with Crippen LogP contribution in [0.15, 0.2) is 0 Å². The van der Waals surface area contributed by atoms with Crippen molar-refractivity contribution in [3.05, 3.63) is 0 Å². The summed E-state index contributed by atoms with van der Waals surface area (Å²) in [5.41, 5.74) is -2.35. The normalized spacial score (nSPS) is 11.1. The number of esters is 7. The van der Waals surface area contributed by atoms with Crippen molar-refractivity contribution in [3.63, 3.8) is 0 Å². The SMILES string of the molecule is CCCCCCCC(=O)OCCCCCOC(=O)CC(CC(=O)OCCCCCOC(=O)CCCCCCC)(OC(=O)CCNC)C(=O)OCCCCCOC(=O)CCCCCCC. The predicted octanol–water partition coefficient (Wildman–Crippen LogP) is 9.51. The molecule has 0 rings (SSSR count). The molecule has 0 heterocycles. The summed E-state index contributed by atoms with van der Waals surface area (Å²) in [6.45, 7) is 7.27. The van der Waals surface area contributed by atoms with Crippen LogP contribution in [-0.4, -0.2) is 101 Å². The molecule has 0 radical (unpaired) electrons. The number of hydrogen-bond acceptors (Lipinski definition) is 15. The van der Waals surface area contributed by atoms with Crippen molar-refractivity contribution < 1.29 is 66.7 Å². The van der Waals surface area contributed by atoms with Gasteiger partial charge in [-0.1, -0.05) is 97.8 Å². The lowest BCUT2D eigenvalue weighted by atomic mass is 9.94. The van der Waals surface area contributed by atoms with Crippen molar-refractivity contribution in [2.24, 2.45) is 0 Å². The molecule has 1 N–H and O–H groups in total. The number of carbonyl (C=O) groups excluding carboxylic acids is 7. The number of ether oxygens (including phenoxy) is 7. The second-order valence-electron chi connectivity index (χ2n) is 16.6. The summed E-state index contributed by atoms with van der Waals surface area (Å²) in [6, 6.07) is 0. The molecule has 372 valence electrons. The van der Waals surface area contributed by atoms with Crippen LogP contribution in [0.5, 0.6) is 0 Å². The van der Waals surface area contributed by atoms with Crippen LogP contribution in [0, 0.1) is 0 Å². The Labute approximate surface area is 385 Å². The highest BCUT2D eigenvalue weighted by Gasteiger charge is 2.49. The average molecular weight is 914 g/mol. The van der Waals surface area contributed by atoms with Crippen molar-refractivity contribution in [2.75, 3.05) is 53.2 Å². The van der Waals surface area contributed by atoms with E-state index in [9.17, 15) is 33.6 Å². The van der Waals surface area contributed by atoms with Crippen LogP contribution < -0.4 is 5.32 Å². The number of unbranched alkanes of at least 4 members (excludes halogenated alkanes) is 18. The Bertz CT molecular complexity index is 1190. The van der Waals surface area contributed by atoms with E-state index in [2.05, 4.69) is 26.1 Å². The van der Waals surface area contributed by atoms with Crippen molar-refractivity contribution >= 4 is 41.8 Å². The highest BCUT2D eigenvalue weighted by molar-refractivity contribution is 5.92. The maximum absolute atomic E-state index is 13.8. The fourth-order valence-corrected chi connectivity index (χ4v) is 6.59. The highest BCUT2D eigenvalue weighted by Crippen LogP contribution is 2.27. The molecule has 0 aliphatic carbocycles. The molecule has 0 aromatic rings. The van der Waals surface area contributed by atoms with Crippen molar-refractivity contribution in [1.82, 2.24) is 5.32 Å². The molecule has 15 heteroatoms. The second-order valence-corrected chi connectivity index (χ2v) is 16.6. The highest BCUT2D eigenvalue weighted by atomic mass is 16.6. The third kappa shape index (κ3) is 36.6. The largest absolute Gasteiger partial charge is 0.466 e. The van der Waals surface area contributed by atoms with E-state index in [1.807, 2.05) is 0 Å². The summed E-state index contributed by atoms with van der Waals surface area (Å²) in [5, 5.41) is 2.83. The zero-order valence-corrected chi connectivity index (χ0v) is 40.4. The first-order chi connectivity index (χ1) is 31.0. The fourth-order valence-electron chi connectivity index (χ4n) is 6.59. The maximum Gasteiger partial charge on any atom is 0.351 e. The van der Waals surface area contributed by atoms with E-state index in [0.717, 1.165) is 96.3 Å². The lowest BCUT2D eigenvalue weighted by Crippen LogP contribution is -2.49. The Morgan fingerprint density at radius 2 is 0.641 bits per heavy atom. The number of hydrogen-bond donors (Lipinski definition) is 1. The minimum atomic E-state index is -2.35. The van der Waals surface area contributed by atoms with Gasteiger partial charge >= 0.3 is 41.8 Å². The first kappa shape index (κ1) is 60.2. The van der Waals surface area contributed by atoms with Gasteiger partial charge in [0.1, 0.15) is 0 Å². The van der Waals surface area contributed by atoms with Gasteiger partial charge in [-0.2, -0.15) is 0 Å². The van der Waals surface area contributed by atoms with Gasteiger partial charge in [-0.05, 0) is 84.1 Å². The molecular weight excluding hydrogens is 827 g/mol. The summed E-state index contributed by atoms with van der Waals surface area (Å²) in [7, 11) is 1.64. The molecule has 0 bridgehead atoms. The molecule has 64 heavy (non-hydrogen) atoms. The van der Waals surface area contributed by atoms with Crippen LogP contribution >= 0.6 is 0 Å². The van der Waals surface area contributed by atoms with Gasteiger partial charge in [0.05, 0.1) is 58.9 Å². The molecule has 0 fully saturated rings. The van der Waals surface area contributed by atoms with Gasteiger partial charge in [0.25, 0.3) is 0 Å². The summed E-state index contributed by atoms with van der Waals surface area (Å²) >= 11 is 0. The van der Waals surface area contributed by atoms with Gasteiger partial charge in [0.15, 0.2) is 0 Å². The quantitative estimate of drug-likeness (QED) is 0.0344. The molecule has 0 saturated carbocycles. The van der Waals surface area contributed by atoms with Crippen LogP contribution in [-0.2, 0) is 66.7 Å². The van der Waals surface area contributed by atoms with Gasteiger partial charge in [-0.15, -0.1) is 0 Å². The molecule has 0 aromatic carbocycles. The monoisotopic (exact) mass is 914 g/mol. The maximum atomic E-state index is 13.8. The summed E-state index contributed by atoms with van der Waals surface area (Å²) < 4.78 is 38.0. The minimum Gasteiger partial charge on any atom is -0.466 e. The lowest BCUT2D eigenvalue weighted by Gasteiger charge is -2.30. The fraction of sp³-hybridized carbons (Fsp3) is 0.857. The third-order valence-electron chi connectivity index (χ3n) is 10.5. The van der Waals surface area contributed by atoms with E-state index in [4.69, 9.17) is 33.2 Å². The standard InChI is InChI=1S/C49H87NO14/c1-5-8-11-14-20-29-42(51)58-34-23-17-26-37-61-46(55)40-49(64-45(54)32-33-50-4,48(57)63-39-28-19-25-36-60-44(53)31-22-16-13-10-7-3)41-47(56)62-38-27-18-24-35-59-43(52)30-21-15-12-9-6-2/h50H,5-41H2,1-4H3. The Kier molecular flexibility index (Phi) is 40.6. The van der Waals surface area contributed by atoms with E-state index >= 15 is 0 Å². The molecule has 0 aromatic heterocycles. The van der Waals surface area contributed by atoms with Crippen LogP contribution in [0.4, 0.5) is 0 Å². The van der Waals surface area contributed by atoms with Crippen molar-refractivity contribution in [1.29, 1.82) is 0 Å². The lowest BCUT2D eigenvalue weighted by molar-refractivity contribution is -0.191. The molecule has 0 saturated heterocycles. The smallest absolute Gasteiger partial charge is 0.351 e. The Morgan fingerprint density at radius 3 is 0.969 bits per heavy atom. The molecule has 0 unspecified atom stereocenters. The first-order valence-corrected chi connectivity index (χ1v) is 24.8. The van der Waals surface area contributed by atoms with Crippen LogP contribution in [0.1, 0.15) is 213 Å². The van der Waals surface area contributed by atoms with Gasteiger partial charge in [-0.3, -0.25) is 28.8 Å². The molecule has 0 aliphatic heterocycles. The molecule has 0 amide bonds. The molecule has 0 atom stereocenters. The van der Waals surface area contributed by atoms with Gasteiger partial charge in [0, 0.05) is 25.8 Å². The number of rotatable bonds is 45. The molecule has 0 aliphatic rings. The summed E-state index contributed by atoms with van der Waals surface area (Å²) in [4.78, 5) is 89.5. The van der Waals surface area contributed by atoms with Crippen molar-refractivity contribution in [2.45, 2.75) is 219 Å². The van der Waals surface area contributed by atoms with E-state index in [1.165, 1.54) is 0 Å². The van der Waals surface area contributed by atoms with Gasteiger partial charge in [0.2, 0.25) is 5.60 Å². The number of carbonyl (C=O) groups is 7. The molecule has 15 nitrogen and oxygen atoms in total. The zero-order valence-electron chi connectivity index (χ0n) is 40.4. The van der Waals surface area contributed by atoms with Gasteiger partial charge < -0.3 is 38.5 Å². The van der Waals surface area contributed by atoms with E-state index in [1.54, 1.807) is 7.05 Å². The second kappa shape index (κ2) is 43.2. The van der Waals surface area contributed by atoms with Crippen molar-refractivity contribution in [3.8, 4) is 0 Å². The van der Waals surface area contributed by atoms with E-state index in [0.29, 0.717) is 77.0 Å². The van der Waals surface area contributed by atoms with Crippen LogP contribution in [0.2, 0.25) is 0 Å². The third-order valence-corrected chi connectivity index (χ3v) is 10.5. The zero-order chi connectivity index (χ0) is 47.4. The van der Waals surface area contributed by atoms with Crippen LogP contribution in [0.3, 0.4) is 0 Å². The first-order valence-electron chi connectivity index (χ1n) is 24.8. The van der Waals surface area contributed by atoms with Crippen LogP contribution in [0.25, 0.3) is 0 Å². The predicted molar refractivity (Wildman–Crippen MR) is 244 cm³/mol. The van der Waals surface area contributed by atoms with Gasteiger partial charge in [-0.25, -0.2) is 4.79 Å². The average Bonchev–Trinajstić information content (AvgIpc) is 3.26. The molecule has 0 spiro atoms.